The average Bonchev–Trinajstić information content (AvgIpc) is 2.94. The number of benzene rings is 2. The molecule has 0 aliphatic carbocycles. The lowest BCUT2D eigenvalue weighted by Gasteiger charge is -2.48. The number of halogens is 3. The smallest absolute Gasteiger partial charge is 0.320 e. The van der Waals surface area contributed by atoms with E-state index in [1.54, 1.807) is 0 Å². The predicted molar refractivity (Wildman–Crippen MR) is 134 cm³/mol. The molecular weight excluding hydrogens is 562 g/mol. The van der Waals surface area contributed by atoms with Gasteiger partial charge in [-0.3, -0.25) is 10.0 Å². The standard InChI is InChI=1S/C24H27ClF2N4O7S/c1-2-24(22(32)28-34)15-30(23(33)29-9-11-37-12-10-29)7-8-31(24)39(35,36)18-13-19(26)21(20(27)14-18)38-17-5-3-16(25)4-6-17/h3-6,13-14,34H,2,7-12,15H2,1H3,(H,28,32)/t24-/m1/s1. The van der Waals surface area contributed by atoms with Gasteiger partial charge in [0.2, 0.25) is 10.0 Å². The van der Waals surface area contributed by atoms with Crippen molar-refractivity contribution >= 4 is 33.6 Å². The van der Waals surface area contributed by atoms with E-state index in [1.807, 2.05) is 0 Å². The number of urea groups is 1. The van der Waals surface area contributed by atoms with Crippen molar-refractivity contribution in [2.24, 2.45) is 0 Å². The van der Waals surface area contributed by atoms with Crippen molar-refractivity contribution in [1.29, 1.82) is 0 Å². The number of hydroxylamine groups is 1. The molecule has 0 unspecified atom stereocenters. The highest BCUT2D eigenvalue weighted by Gasteiger charge is 2.53. The molecule has 2 saturated heterocycles. The summed E-state index contributed by atoms with van der Waals surface area (Å²) in [7, 11) is -4.71. The Bertz CT molecular complexity index is 1320. The Morgan fingerprint density at radius 2 is 1.69 bits per heavy atom. The number of amides is 3. The molecule has 0 spiro atoms. The lowest BCUT2D eigenvalue weighted by atomic mass is 9.92. The number of ether oxygens (including phenoxy) is 2. The summed E-state index contributed by atoms with van der Waals surface area (Å²) in [6.07, 6.45) is -0.158. The highest BCUT2D eigenvalue weighted by molar-refractivity contribution is 7.89. The van der Waals surface area contributed by atoms with Gasteiger partial charge in [-0.2, -0.15) is 4.31 Å². The molecule has 2 aliphatic rings. The fourth-order valence-corrected chi connectivity index (χ4v) is 6.57. The first-order chi connectivity index (χ1) is 18.5. The second-order valence-corrected chi connectivity index (χ2v) is 11.3. The lowest BCUT2D eigenvalue weighted by Crippen LogP contribution is -2.70. The largest absolute Gasteiger partial charge is 0.451 e. The third-order valence-electron chi connectivity index (χ3n) is 6.76. The summed E-state index contributed by atoms with van der Waals surface area (Å²) >= 11 is 5.81. The average molecular weight is 589 g/mol. The monoisotopic (exact) mass is 588 g/mol. The van der Waals surface area contributed by atoms with Gasteiger partial charge in [-0.05, 0) is 42.8 Å². The van der Waals surface area contributed by atoms with Gasteiger partial charge in [0.05, 0.1) is 24.7 Å². The van der Waals surface area contributed by atoms with Crippen LogP contribution in [0.5, 0.6) is 11.5 Å². The third-order valence-corrected chi connectivity index (χ3v) is 8.95. The maximum absolute atomic E-state index is 15.0. The Labute approximate surface area is 228 Å². The minimum absolute atomic E-state index is 0.0680. The highest BCUT2D eigenvalue weighted by atomic mass is 35.5. The molecule has 2 aromatic carbocycles. The number of carbonyl (C=O) groups excluding carboxylic acids is 2. The van der Waals surface area contributed by atoms with E-state index in [-0.39, 0.29) is 25.3 Å². The van der Waals surface area contributed by atoms with Crippen LogP contribution in [0, 0.1) is 11.6 Å². The van der Waals surface area contributed by atoms with Gasteiger partial charge in [-0.25, -0.2) is 27.5 Å². The molecular formula is C24H27ClF2N4O7S. The predicted octanol–water partition coefficient (Wildman–Crippen LogP) is 2.82. The number of carbonyl (C=O) groups is 2. The van der Waals surface area contributed by atoms with E-state index in [9.17, 15) is 32.0 Å². The van der Waals surface area contributed by atoms with E-state index in [2.05, 4.69) is 0 Å². The van der Waals surface area contributed by atoms with Crippen LogP contribution in [0.3, 0.4) is 0 Å². The van der Waals surface area contributed by atoms with Crippen molar-refractivity contribution in [3.05, 3.63) is 53.1 Å². The Morgan fingerprint density at radius 3 is 2.26 bits per heavy atom. The van der Waals surface area contributed by atoms with Crippen LogP contribution in [0.2, 0.25) is 5.02 Å². The molecule has 1 atom stereocenters. The summed E-state index contributed by atoms with van der Waals surface area (Å²) in [6, 6.07) is 6.43. The zero-order valence-corrected chi connectivity index (χ0v) is 22.5. The summed E-state index contributed by atoms with van der Waals surface area (Å²) in [4.78, 5) is 28.1. The van der Waals surface area contributed by atoms with Gasteiger partial charge >= 0.3 is 6.03 Å². The fourth-order valence-electron chi connectivity index (χ4n) is 4.64. The summed E-state index contributed by atoms with van der Waals surface area (Å²) in [5, 5.41) is 9.87. The van der Waals surface area contributed by atoms with Crippen LogP contribution in [0.4, 0.5) is 13.6 Å². The summed E-state index contributed by atoms with van der Waals surface area (Å²) in [5.41, 5.74) is -0.471. The minimum Gasteiger partial charge on any atom is -0.451 e. The Morgan fingerprint density at radius 1 is 1.08 bits per heavy atom. The Balaban J connectivity index is 1.66. The van der Waals surface area contributed by atoms with Gasteiger partial charge in [-0.1, -0.05) is 18.5 Å². The molecule has 2 aliphatic heterocycles. The molecule has 2 heterocycles. The first-order valence-electron chi connectivity index (χ1n) is 12.0. The zero-order chi connectivity index (χ0) is 28.4. The van der Waals surface area contributed by atoms with Crippen LogP contribution in [-0.4, -0.2) is 91.1 Å². The van der Waals surface area contributed by atoms with Crippen LogP contribution in [0.1, 0.15) is 13.3 Å². The number of piperazine rings is 1. The highest BCUT2D eigenvalue weighted by Crippen LogP contribution is 2.36. The Kier molecular flexibility index (Phi) is 8.61. The quantitative estimate of drug-likeness (QED) is 0.392. The van der Waals surface area contributed by atoms with Gasteiger partial charge in [-0.15, -0.1) is 0 Å². The van der Waals surface area contributed by atoms with Crippen molar-refractivity contribution in [2.75, 3.05) is 45.9 Å². The van der Waals surface area contributed by atoms with E-state index in [4.69, 9.17) is 21.1 Å². The molecule has 4 rings (SSSR count). The van der Waals surface area contributed by atoms with E-state index >= 15 is 0 Å². The second-order valence-electron chi connectivity index (χ2n) is 8.98. The van der Waals surface area contributed by atoms with Gasteiger partial charge in [0, 0.05) is 31.2 Å². The SMILES string of the molecule is CC[C@]1(C(=O)NO)CN(C(=O)N2CCOCC2)CCN1S(=O)(=O)c1cc(F)c(Oc2ccc(Cl)cc2)c(F)c1. The molecule has 39 heavy (non-hydrogen) atoms. The van der Waals surface area contributed by atoms with Crippen molar-refractivity contribution in [2.45, 2.75) is 23.8 Å². The van der Waals surface area contributed by atoms with Crippen LogP contribution in [-0.2, 0) is 19.6 Å². The number of hydrogen-bond acceptors (Lipinski definition) is 7. The number of nitrogens with zero attached hydrogens (tertiary/aromatic N) is 3. The molecule has 15 heteroatoms. The topological polar surface area (TPSA) is 129 Å². The maximum atomic E-state index is 15.0. The molecule has 212 valence electrons. The molecule has 11 nitrogen and oxygen atoms in total. The van der Waals surface area contributed by atoms with Crippen molar-refractivity contribution < 1.29 is 41.5 Å². The van der Waals surface area contributed by atoms with Crippen LogP contribution >= 0.6 is 11.6 Å². The van der Waals surface area contributed by atoms with E-state index in [0.29, 0.717) is 43.5 Å². The molecule has 0 bridgehead atoms. The van der Waals surface area contributed by atoms with E-state index in [1.165, 1.54) is 46.5 Å². The zero-order valence-electron chi connectivity index (χ0n) is 20.9. The third kappa shape index (κ3) is 5.65. The van der Waals surface area contributed by atoms with Crippen molar-refractivity contribution in [1.82, 2.24) is 19.6 Å². The van der Waals surface area contributed by atoms with Crippen molar-refractivity contribution in [3.63, 3.8) is 0 Å². The first-order valence-corrected chi connectivity index (χ1v) is 13.9. The molecule has 2 fully saturated rings. The number of rotatable bonds is 6. The van der Waals surface area contributed by atoms with Gasteiger partial charge in [0.15, 0.2) is 17.4 Å². The fraction of sp³-hybridized carbons (Fsp3) is 0.417. The molecule has 0 aromatic heterocycles. The van der Waals surface area contributed by atoms with E-state index < -0.39 is 56.3 Å². The number of sulfonamides is 1. The second kappa shape index (κ2) is 11.6. The Hall–Kier alpha value is -3.04. The van der Waals surface area contributed by atoms with Crippen molar-refractivity contribution in [3.8, 4) is 11.5 Å². The number of morpholine rings is 1. The first kappa shape index (κ1) is 29.0. The summed E-state index contributed by atoms with van der Waals surface area (Å²) < 4.78 is 68.7. The van der Waals surface area contributed by atoms with Gasteiger partial charge in [0.25, 0.3) is 5.91 Å². The van der Waals surface area contributed by atoms with E-state index in [0.717, 1.165) is 4.31 Å². The normalized spacial score (nSPS) is 20.5. The summed E-state index contributed by atoms with van der Waals surface area (Å²) in [6.45, 7) is 1.97. The number of hydrogen-bond donors (Lipinski definition) is 2. The molecule has 3 amide bonds. The van der Waals surface area contributed by atoms with Gasteiger partial charge in [0.1, 0.15) is 11.3 Å². The molecule has 2 aromatic rings. The molecule has 2 N–H and O–H groups in total. The molecule has 0 saturated carbocycles. The van der Waals surface area contributed by atoms with Gasteiger partial charge < -0.3 is 19.3 Å². The van der Waals surface area contributed by atoms with Crippen LogP contribution in [0.25, 0.3) is 0 Å². The molecule has 0 radical (unpaired) electrons. The number of nitrogens with one attached hydrogen (secondary N) is 1. The summed E-state index contributed by atoms with van der Waals surface area (Å²) in [5.74, 6) is -4.43. The lowest BCUT2D eigenvalue weighted by molar-refractivity contribution is -0.142. The maximum Gasteiger partial charge on any atom is 0.320 e. The minimum atomic E-state index is -4.71. The van der Waals surface area contributed by atoms with Crippen LogP contribution in [0.15, 0.2) is 41.3 Å². The van der Waals surface area contributed by atoms with Crippen LogP contribution < -0.4 is 10.2 Å².